The lowest BCUT2D eigenvalue weighted by molar-refractivity contribution is -0.123. The molecule has 0 bridgehead atoms. The van der Waals surface area contributed by atoms with Crippen LogP contribution >= 0.6 is 11.6 Å². The summed E-state index contributed by atoms with van der Waals surface area (Å²) in [5.41, 5.74) is 2.64. The van der Waals surface area contributed by atoms with Crippen LogP contribution in [0.15, 0.2) is 36.4 Å². The fourth-order valence-electron chi connectivity index (χ4n) is 1.98. The monoisotopic (exact) mass is 349 g/mol. The molecule has 2 aromatic carbocycles. The maximum atomic E-state index is 13.0. The third kappa shape index (κ3) is 4.32. The number of hydrogen-bond donors (Lipinski definition) is 1. The van der Waals surface area contributed by atoms with Gasteiger partial charge in [-0.25, -0.2) is 9.18 Å². The van der Waals surface area contributed by atoms with Crippen LogP contribution in [0.5, 0.6) is 0 Å². The number of rotatable bonds is 4. The smallest absolute Gasteiger partial charge is 0.338 e. The lowest BCUT2D eigenvalue weighted by atomic mass is 10.1. The minimum atomic E-state index is -1.03. The molecule has 2 aromatic rings. The van der Waals surface area contributed by atoms with E-state index in [4.69, 9.17) is 16.3 Å². The van der Waals surface area contributed by atoms with Crippen molar-refractivity contribution in [3.63, 3.8) is 0 Å². The zero-order valence-corrected chi connectivity index (χ0v) is 14.3. The van der Waals surface area contributed by atoms with E-state index in [0.717, 1.165) is 17.2 Å². The van der Waals surface area contributed by atoms with Crippen LogP contribution in [0.3, 0.4) is 0 Å². The van der Waals surface area contributed by atoms with Gasteiger partial charge in [-0.05, 0) is 62.2 Å². The van der Waals surface area contributed by atoms with Gasteiger partial charge in [-0.15, -0.1) is 0 Å². The van der Waals surface area contributed by atoms with Gasteiger partial charge in [0.05, 0.1) is 16.3 Å². The fraction of sp³-hybridized carbons (Fsp3) is 0.222. The quantitative estimate of drug-likeness (QED) is 0.838. The maximum Gasteiger partial charge on any atom is 0.338 e. The molecule has 4 nitrogen and oxygen atoms in total. The number of ether oxygens (including phenoxy) is 1. The Balaban J connectivity index is 2.02. The Kier molecular flexibility index (Phi) is 5.57. The van der Waals surface area contributed by atoms with Gasteiger partial charge in [0.15, 0.2) is 6.10 Å². The van der Waals surface area contributed by atoms with Crippen LogP contribution in [0.25, 0.3) is 0 Å². The summed E-state index contributed by atoms with van der Waals surface area (Å²) in [6.07, 6.45) is -1.03. The van der Waals surface area contributed by atoms with Gasteiger partial charge in [-0.2, -0.15) is 0 Å². The first-order valence-corrected chi connectivity index (χ1v) is 7.70. The van der Waals surface area contributed by atoms with Gasteiger partial charge in [0.2, 0.25) is 0 Å². The largest absolute Gasteiger partial charge is 0.449 e. The number of esters is 1. The van der Waals surface area contributed by atoms with Crippen molar-refractivity contribution in [3.05, 3.63) is 63.9 Å². The second kappa shape index (κ2) is 7.45. The van der Waals surface area contributed by atoms with E-state index in [9.17, 15) is 14.0 Å². The molecule has 0 aromatic heterocycles. The van der Waals surface area contributed by atoms with E-state index in [-0.39, 0.29) is 10.7 Å². The highest BCUT2D eigenvalue weighted by atomic mass is 35.5. The Hall–Kier alpha value is -2.40. The maximum absolute atomic E-state index is 13.0. The highest BCUT2D eigenvalue weighted by Gasteiger charge is 2.20. The molecule has 126 valence electrons. The number of nitrogens with one attached hydrogen (secondary N) is 1. The zero-order chi connectivity index (χ0) is 17.9. The SMILES string of the molecule is Cc1ccc(C(=O)O[C@H](C)C(=O)Nc2ccc(F)cc2Cl)cc1C. The number of hydrogen-bond acceptors (Lipinski definition) is 3. The summed E-state index contributed by atoms with van der Waals surface area (Å²) >= 11 is 5.85. The first-order chi connectivity index (χ1) is 11.3. The average molecular weight is 350 g/mol. The minimum absolute atomic E-state index is 0.0658. The molecule has 0 heterocycles. The Labute approximate surface area is 144 Å². The van der Waals surface area contributed by atoms with Gasteiger partial charge < -0.3 is 10.1 Å². The topological polar surface area (TPSA) is 55.4 Å². The van der Waals surface area contributed by atoms with Crippen LogP contribution in [-0.4, -0.2) is 18.0 Å². The van der Waals surface area contributed by atoms with E-state index in [1.54, 1.807) is 12.1 Å². The molecule has 6 heteroatoms. The van der Waals surface area contributed by atoms with Crippen LogP contribution in [-0.2, 0) is 9.53 Å². The summed E-state index contributed by atoms with van der Waals surface area (Å²) in [5.74, 6) is -1.65. The van der Waals surface area contributed by atoms with Gasteiger partial charge in [0.1, 0.15) is 5.82 Å². The number of halogens is 2. The van der Waals surface area contributed by atoms with Crippen molar-refractivity contribution in [3.8, 4) is 0 Å². The molecule has 1 amide bonds. The van der Waals surface area contributed by atoms with Gasteiger partial charge in [0.25, 0.3) is 5.91 Å². The molecule has 0 saturated carbocycles. The molecule has 0 aliphatic carbocycles. The molecule has 0 unspecified atom stereocenters. The molecule has 0 aliphatic heterocycles. The summed E-state index contributed by atoms with van der Waals surface area (Å²) in [6.45, 7) is 5.28. The lowest BCUT2D eigenvalue weighted by Gasteiger charge is -2.14. The molecule has 24 heavy (non-hydrogen) atoms. The van der Waals surface area contributed by atoms with Crippen molar-refractivity contribution < 1.29 is 18.7 Å². The van der Waals surface area contributed by atoms with Gasteiger partial charge in [0, 0.05) is 0 Å². The van der Waals surface area contributed by atoms with Crippen molar-refractivity contribution in [1.82, 2.24) is 0 Å². The predicted molar refractivity (Wildman–Crippen MR) is 90.8 cm³/mol. The van der Waals surface area contributed by atoms with Crippen molar-refractivity contribution in [2.24, 2.45) is 0 Å². The highest BCUT2D eigenvalue weighted by Crippen LogP contribution is 2.22. The summed E-state index contributed by atoms with van der Waals surface area (Å²) < 4.78 is 18.2. The predicted octanol–water partition coefficient (Wildman–Crippen LogP) is 4.28. The van der Waals surface area contributed by atoms with E-state index in [1.807, 2.05) is 19.9 Å². The number of benzene rings is 2. The Morgan fingerprint density at radius 1 is 1.12 bits per heavy atom. The van der Waals surface area contributed by atoms with E-state index in [1.165, 1.54) is 19.1 Å². The molecular formula is C18H17ClFNO3. The standard InChI is InChI=1S/C18H17ClFNO3/c1-10-4-5-13(8-11(10)2)18(23)24-12(3)17(22)21-16-7-6-14(20)9-15(16)19/h4-9,12H,1-3H3,(H,21,22)/t12-/m1/s1. The zero-order valence-electron chi connectivity index (χ0n) is 13.5. The van der Waals surface area contributed by atoms with Crippen LogP contribution < -0.4 is 5.32 Å². The molecule has 0 fully saturated rings. The van der Waals surface area contributed by atoms with E-state index in [2.05, 4.69) is 5.32 Å². The van der Waals surface area contributed by atoms with Crippen molar-refractivity contribution in [2.75, 3.05) is 5.32 Å². The fourth-order valence-corrected chi connectivity index (χ4v) is 2.19. The Morgan fingerprint density at radius 3 is 2.46 bits per heavy atom. The normalized spacial score (nSPS) is 11.7. The third-order valence-corrected chi connectivity index (χ3v) is 3.90. The van der Waals surface area contributed by atoms with Crippen molar-refractivity contribution in [2.45, 2.75) is 26.9 Å². The first-order valence-electron chi connectivity index (χ1n) is 7.32. The lowest BCUT2D eigenvalue weighted by Crippen LogP contribution is -2.30. The van der Waals surface area contributed by atoms with Gasteiger partial charge >= 0.3 is 5.97 Å². The van der Waals surface area contributed by atoms with E-state index in [0.29, 0.717) is 5.56 Å². The number of carbonyl (C=O) groups excluding carboxylic acids is 2. The van der Waals surface area contributed by atoms with Crippen molar-refractivity contribution in [1.29, 1.82) is 0 Å². The Bertz CT molecular complexity index is 792. The van der Waals surface area contributed by atoms with Crippen LogP contribution in [0.1, 0.15) is 28.4 Å². The summed E-state index contributed by atoms with van der Waals surface area (Å²) in [6, 6.07) is 8.77. The molecule has 0 saturated heterocycles. The van der Waals surface area contributed by atoms with E-state index >= 15 is 0 Å². The highest BCUT2D eigenvalue weighted by molar-refractivity contribution is 6.33. The molecule has 2 rings (SSSR count). The van der Waals surface area contributed by atoms with Crippen LogP contribution in [0.4, 0.5) is 10.1 Å². The third-order valence-electron chi connectivity index (χ3n) is 3.58. The molecule has 1 atom stereocenters. The minimum Gasteiger partial charge on any atom is -0.449 e. The van der Waals surface area contributed by atoms with Crippen LogP contribution in [0.2, 0.25) is 5.02 Å². The summed E-state index contributed by atoms with van der Waals surface area (Å²) in [4.78, 5) is 24.2. The number of aryl methyl sites for hydroxylation is 2. The second-order valence-electron chi connectivity index (χ2n) is 5.46. The van der Waals surface area contributed by atoms with Crippen molar-refractivity contribution >= 4 is 29.2 Å². The average Bonchev–Trinajstić information content (AvgIpc) is 2.52. The summed E-state index contributed by atoms with van der Waals surface area (Å²) in [7, 11) is 0. The number of amides is 1. The van der Waals surface area contributed by atoms with Gasteiger partial charge in [-0.3, -0.25) is 4.79 Å². The number of anilines is 1. The molecule has 0 spiro atoms. The Morgan fingerprint density at radius 2 is 1.83 bits per heavy atom. The molecule has 0 aliphatic rings. The van der Waals surface area contributed by atoms with E-state index < -0.39 is 23.8 Å². The molecule has 0 radical (unpaired) electrons. The van der Waals surface area contributed by atoms with Crippen LogP contribution in [0, 0.1) is 19.7 Å². The summed E-state index contributed by atoms with van der Waals surface area (Å²) in [5, 5.41) is 2.57. The first kappa shape index (κ1) is 17.9. The second-order valence-corrected chi connectivity index (χ2v) is 5.87. The number of carbonyl (C=O) groups is 2. The molecule has 1 N–H and O–H groups in total. The molecular weight excluding hydrogens is 333 g/mol. The van der Waals surface area contributed by atoms with Gasteiger partial charge in [-0.1, -0.05) is 17.7 Å².